The van der Waals surface area contributed by atoms with Crippen molar-refractivity contribution in [1.82, 2.24) is 0 Å². The van der Waals surface area contributed by atoms with Gasteiger partial charge < -0.3 is 5.11 Å². The maximum absolute atomic E-state index is 12.5. The minimum Gasteiger partial charge on any atom is -0.481 e. The predicted octanol–water partition coefficient (Wildman–Crippen LogP) is 2.51. The van der Waals surface area contributed by atoms with Crippen LogP contribution in [0, 0.1) is 18.3 Å². The SMILES string of the molecule is Cc1cc(C(F)(F)F)c(C#N)cc1CC(=O)O. The summed E-state index contributed by atoms with van der Waals surface area (Å²) in [5, 5.41) is 17.2. The Morgan fingerprint density at radius 3 is 2.47 bits per heavy atom. The zero-order chi connectivity index (χ0) is 13.2. The molecular formula is C11H8F3NO2. The number of alkyl halides is 3. The second-order valence-electron chi connectivity index (χ2n) is 3.50. The highest BCUT2D eigenvalue weighted by Crippen LogP contribution is 2.33. The highest BCUT2D eigenvalue weighted by Gasteiger charge is 2.34. The van der Waals surface area contributed by atoms with Gasteiger partial charge in [-0.2, -0.15) is 18.4 Å². The molecule has 0 spiro atoms. The summed E-state index contributed by atoms with van der Waals surface area (Å²) >= 11 is 0. The van der Waals surface area contributed by atoms with Gasteiger partial charge in [0.05, 0.1) is 23.6 Å². The van der Waals surface area contributed by atoms with E-state index in [2.05, 4.69) is 0 Å². The first-order valence-electron chi connectivity index (χ1n) is 4.58. The number of hydrogen-bond acceptors (Lipinski definition) is 2. The average Bonchev–Trinajstić information content (AvgIpc) is 2.18. The lowest BCUT2D eigenvalue weighted by Gasteiger charge is -2.12. The van der Waals surface area contributed by atoms with Crippen molar-refractivity contribution in [3.8, 4) is 6.07 Å². The number of nitrogens with zero attached hydrogens (tertiary/aromatic N) is 1. The number of rotatable bonds is 2. The van der Waals surface area contributed by atoms with Gasteiger partial charge in [0.15, 0.2) is 0 Å². The summed E-state index contributed by atoms with van der Waals surface area (Å²) in [7, 11) is 0. The maximum atomic E-state index is 12.5. The summed E-state index contributed by atoms with van der Waals surface area (Å²) in [4.78, 5) is 10.5. The van der Waals surface area contributed by atoms with E-state index in [1.54, 1.807) is 0 Å². The van der Waals surface area contributed by atoms with Crippen molar-refractivity contribution in [2.45, 2.75) is 19.5 Å². The fourth-order valence-electron chi connectivity index (χ4n) is 1.43. The number of nitriles is 1. The molecule has 0 heterocycles. The summed E-state index contributed by atoms with van der Waals surface area (Å²) in [5.41, 5.74) is -1.17. The van der Waals surface area contributed by atoms with Gasteiger partial charge in [-0.3, -0.25) is 4.79 Å². The number of carbonyl (C=O) groups is 1. The molecule has 0 aliphatic heterocycles. The van der Waals surface area contributed by atoms with Crippen LogP contribution in [0.4, 0.5) is 13.2 Å². The van der Waals surface area contributed by atoms with Crippen molar-refractivity contribution in [3.05, 3.63) is 34.4 Å². The van der Waals surface area contributed by atoms with Gasteiger partial charge in [-0.1, -0.05) is 0 Å². The van der Waals surface area contributed by atoms with Crippen molar-refractivity contribution in [1.29, 1.82) is 5.26 Å². The highest BCUT2D eigenvalue weighted by molar-refractivity contribution is 5.71. The normalized spacial score (nSPS) is 11.0. The Morgan fingerprint density at radius 1 is 1.47 bits per heavy atom. The number of aryl methyl sites for hydroxylation is 1. The first-order chi connectivity index (χ1) is 7.75. The molecule has 0 aliphatic carbocycles. The Balaban J connectivity index is 3.36. The second kappa shape index (κ2) is 4.45. The first-order valence-corrected chi connectivity index (χ1v) is 4.58. The molecule has 0 saturated heterocycles. The van der Waals surface area contributed by atoms with Crippen LogP contribution >= 0.6 is 0 Å². The lowest BCUT2D eigenvalue weighted by molar-refractivity contribution is -0.138. The molecule has 0 aliphatic rings. The number of aliphatic carboxylic acids is 1. The van der Waals surface area contributed by atoms with Crippen LogP contribution in [0.15, 0.2) is 12.1 Å². The Bertz CT molecular complexity index is 501. The van der Waals surface area contributed by atoms with Crippen molar-refractivity contribution in [2.24, 2.45) is 0 Å². The summed E-state index contributed by atoms with van der Waals surface area (Å²) in [6.45, 7) is 1.38. The molecule has 0 bridgehead atoms. The molecule has 0 amide bonds. The lowest BCUT2D eigenvalue weighted by Crippen LogP contribution is -2.11. The van der Waals surface area contributed by atoms with Crippen LogP contribution in [0.1, 0.15) is 22.3 Å². The molecule has 1 aromatic rings. The van der Waals surface area contributed by atoms with Crippen LogP contribution in [-0.4, -0.2) is 11.1 Å². The van der Waals surface area contributed by atoms with E-state index in [0.29, 0.717) is 0 Å². The molecule has 0 radical (unpaired) electrons. The van der Waals surface area contributed by atoms with Gasteiger partial charge in [-0.15, -0.1) is 0 Å². The van der Waals surface area contributed by atoms with Gasteiger partial charge in [0.1, 0.15) is 0 Å². The van der Waals surface area contributed by atoms with Crippen molar-refractivity contribution in [3.63, 3.8) is 0 Å². The van der Waals surface area contributed by atoms with Gasteiger partial charge in [-0.25, -0.2) is 0 Å². The molecule has 1 N–H and O–H groups in total. The summed E-state index contributed by atoms with van der Waals surface area (Å²) in [5.74, 6) is -1.16. The molecule has 0 atom stereocenters. The molecule has 17 heavy (non-hydrogen) atoms. The highest BCUT2D eigenvalue weighted by atomic mass is 19.4. The first kappa shape index (κ1) is 13.0. The van der Waals surface area contributed by atoms with Crippen LogP contribution in [0.25, 0.3) is 0 Å². The van der Waals surface area contributed by atoms with E-state index in [4.69, 9.17) is 10.4 Å². The Labute approximate surface area is 95.1 Å². The standard InChI is InChI=1S/C11H8F3NO2/c1-6-2-9(11(12,13)14)8(5-15)3-7(6)4-10(16)17/h2-3H,4H2,1H3,(H,16,17). The van der Waals surface area contributed by atoms with E-state index in [9.17, 15) is 18.0 Å². The molecule has 1 aromatic carbocycles. The number of carboxylic acid groups (broad SMARTS) is 1. The van der Waals surface area contributed by atoms with Crippen molar-refractivity contribution < 1.29 is 23.1 Å². The zero-order valence-corrected chi connectivity index (χ0v) is 8.80. The van der Waals surface area contributed by atoms with E-state index >= 15 is 0 Å². The summed E-state index contributed by atoms with van der Waals surface area (Å²) in [6, 6.07) is 3.21. The molecule has 1 rings (SSSR count). The average molecular weight is 243 g/mol. The number of halogens is 3. The fourth-order valence-corrected chi connectivity index (χ4v) is 1.43. The molecular weight excluding hydrogens is 235 g/mol. The van der Waals surface area contributed by atoms with Crippen LogP contribution in [0.5, 0.6) is 0 Å². The van der Waals surface area contributed by atoms with Crippen molar-refractivity contribution in [2.75, 3.05) is 0 Å². The van der Waals surface area contributed by atoms with Crippen LogP contribution in [0.2, 0.25) is 0 Å². The van der Waals surface area contributed by atoms with E-state index in [1.807, 2.05) is 0 Å². The van der Waals surface area contributed by atoms with Gasteiger partial charge in [0.2, 0.25) is 0 Å². The largest absolute Gasteiger partial charge is 0.481 e. The van der Waals surface area contributed by atoms with Crippen molar-refractivity contribution >= 4 is 5.97 Å². The third-order valence-corrected chi connectivity index (χ3v) is 2.24. The minimum absolute atomic E-state index is 0.207. The molecule has 0 aromatic heterocycles. The number of carboxylic acids is 1. The number of hydrogen-bond donors (Lipinski definition) is 1. The summed E-state index contributed by atoms with van der Waals surface area (Å²) < 4.78 is 37.6. The van der Waals surface area contributed by atoms with Crippen LogP contribution in [0.3, 0.4) is 0 Å². The zero-order valence-electron chi connectivity index (χ0n) is 8.80. The molecule has 3 nitrogen and oxygen atoms in total. The molecule has 0 saturated carbocycles. The quantitative estimate of drug-likeness (QED) is 0.868. The van der Waals surface area contributed by atoms with E-state index in [-0.39, 0.29) is 11.1 Å². The summed E-state index contributed by atoms with van der Waals surface area (Å²) in [6.07, 6.45) is -5.02. The monoisotopic (exact) mass is 243 g/mol. The van der Waals surface area contributed by atoms with Gasteiger partial charge in [0, 0.05) is 0 Å². The van der Waals surface area contributed by atoms with Crippen LogP contribution < -0.4 is 0 Å². The molecule has 6 heteroatoms. The minimum atomic E-state index is -4.61. The van der Waals surface area contributed by atoms with Gasteiger partial charge in [-0.05, 0) is 30.2 Å². The Kier molecular flexibility index (Phi) is 3.42. The Hall–Kier alpha value is -2.03. The van der Waals surface area contributed by atoms with Gasteiger partial charge in [0.25, 0.3) is 0 Å². The van der Waals surface area contributed by atoms with E-state index in [1.165, 1.54) is 13.0 Å². The third kappa shape index (κ3) is 2.97. The second-order valence-corrected chi connectivity index (χ2v) is 3.50. The topological polar surface area (TPSA) is 61.1 Å². The van der Waals surface area contributed by atoms with Crippen LogP contribution in [-0.2, 0) is 17.4 Å². The van der Waals surface area contributed by atoms with E-state index < -0.39 is 29.7 Å². The Morgan fingerprint density at radius 2 is 2.06 bits per heavy atom. The maximum Gasteiger partial charge on any atom is 0.417 e. The molecule has 90 valence electrons. The molecule has 0 unspecified atom stereocenters. The predicted molar refractivity (Wildman–Crippen MR) is 52.2 cm³/mol. The fraction of sp³-hybridized carbons (Fsp3) is 0.273. The lowest BCUT2D eigenvalue weighted by atomic mass is 9.97. The molecule has 0 fully saturated rings. The third-order valence-electron chi connectivity index (χ3n) is 2.24. The number of benzene rings is 1. The van der Waals surface area contributed by atoms with Gasteiger partial charge >= 0.3 is 12.1 Å². The smallest absolute Gasteiger partial charge is 0.417 e. The van der Waals surface area contributed by atoms with E-state index in [0.717, 1.165) is 12.1 Å².